The number of nitrogens with one attached hydrogen (secondary N) is 1. The van der Waals surface area contributed by atoms with Gasteiger partial charge < -0.3 is 10.2 Å². The summed E-state index contributed by atoms with van der Waals surface area (Å²) < 4.78 is 2.53. The molecule has 3 aromatic rings. The summed E-state index contributed by atoms with van der Waals surface area (Å²) in [7, 11) is 1.79. The van der Waals surface area contributed by atoms with E-state index in [-0.39, 0.29) is 11.9 Å². The van der Waals surface area contributed by atoms with Crippen molar-refractivity contribution in [3.63, 3.8) is 0 Å². The van der Waals surface area contributed by atoms with E-state index in [0.717, 1.165) is 40.6 Å². The number of carbonyl (C=O) groups is 1. The maximum atomic E-state index is 12.4. The molecule has 1 aliphatic rings. The summed E-state index contributed by atoms with van der Waals surface area (Å²) in [6, 6.07) is 9.88. The van der Waals surface area contributed by atoms with Gasteiger partial charge in [0.15, 0.2) is 0 Å². The lowest BCUT2D eigenvalue weighted by molar-refractivity contribution is 0.0933. The highest BCUT2D eigenvalue weighted by molar-refractivity contribution is 9.10. The van der Waals surface area contributed by atoms with Gasteiger partial charge >= 0.3 is 0 Å². The van der Waals surface area contributed by atoms with E-state index in [4.69, 9.17) is 4.98 Å². The van der Waals surface area contributed by atoms with Crippen LogP contribution in [0, 0.1) is 11.3 Å². The molecule has 1 fully saturated rings. The lowest BCUT2D eigenvalue weighted by Gasteiger charge is -2.34. The van der Waals surface area contributed by atoms with Gasteiger partial charge in [-0.25, -0.2) is 4.98 Å². The first-order chi connectivity index (χ1) is 13.5. The lowest BCUT2D eigenvalue weighted by atomic mass is 10.0. The molecule has 1 atom stereocenters. The Bertz CT molecular complexity index is 1090. The van der Waals surface area contributed by atoms with Crippen LogP contribution in [0.15, 0.2) is 41.1 Å². The fourth-order valence-corrected chi connectivity index (χ4v) is 3.91. The normalized spacial score (nSPS) is 16.8. The minimum Gasteiger partial charge on any atom is -0.355 e. The van der Waals surface area contributed by atoms with E-state index in [1.165, 1.54) is 0 Å². The fraction of sp³-hybridized carbons (Fsp3) is 0.300. The van der Waals surface area contributed by atoms with Gasteiger partial charge in [0.2, 0.25) is 0 Å². The Morgan fingerprint density at radius 1 is 1.39 bits per heavy atom. The third kappa shape index (κ3) is 3.71. The molecule has 4 rings (SSSR count). The summed E-state index contributed by atoms with van der Waals surface area (Å²) >= 11 is 3.45. The zero-order valence-electron chi connectivity index (χ0n) is 15.4. The van der Waals surface area contributed by atoms with Crippen molar-refractivity contribution in [3.8, 4) is 6.07 Å². The highest BCUT2D eigenvalue weighted by atomic mass is 79.9. The molecule has 8 heteroatoms. The van der Waals surface area contributed by atoms with Crippen LogP contribution in [0.3, 0.4) is 0 Å². The van der Waals surface area contributed by atoms with E-state index in [1.807, 2.05) is 24.3 Å². The van der Waals surface area contributed by atoms with E-state index in [2.05, 4.69) is 37.3 Å². The minimum atomic E-state index is -0.117. The topological polar surface area (TPSA) is 86.8 Å². The molecule has 28 heavy (non-hydrogen) atoms. The lowest BCUT2D eigenvalue weighted by Crippen LogP contribution is -2.48. The van der Waals surface area contributed by atoms with Gasteiger partial charge in [-0.1, -0.05) is 15.9 Å². The molecule has 1 saturated heterocycles. The maximum absolute atomic E-state index is 12.4. The SMILES string of the molecule is Cn1cc(C(=O)N[C@H]2CCCN(c3cc(C#N)c4cc(Br)ccc4n3)C2)cn1. The van der Waals surface area contributed by atoms with E-state index in [0.29, 0.717) is 17.7 Å². The van der Waals surface area contributed by atoms with Crippen molar-refractivity contribution in [2.75, 3.05) is 18.0 Å². The second-order valence-electron chi connectivity index (χ2n) is 6.96. The number of amides is 1. The van der Waals surface area contributed by atoms with E-state index >= 15 is 0 Å². The summed E-state index contributed by atoms with van der Waals surface area (Å²) in [5, 5.41) is 17.5. The van der Waals surface area contributed by atoms with Gasteiger partial charge in [-0.2, -0.15) is 10.4 Å². The molecule has 7 nitrogen and oxygen atoms in total. The van der Waals surface area contributed by atoms with Crippen LogP contribution in [0.4, 0.5) is 5.82 Å². The standard InChI is InChI=1S/C20H19BrN6O/c1-26-11-14(10-23-26)20(28)24-16-3-2-6-27(12-16)19-7-13(9-22)17-8-15(21)4-5-18(17)25-19/h4-5,7-8,10-11,16H,2-3,6,12H2,1H3,(H,24,28)/t16-/m0/s1. The Kier molecular flexibility index (Phi) is 5.01. The zero-order valence-corrected chi connectivity index (χ0v) is 17.0. The first-order valence-electron chi connectivity index (χ1n) is 9.08. The number of rotatable bonds is 3. The number of piperidine rings is 1. The van der Waals surface area contributed by atoms with Crippen molar-refractivity contribution < 1.29 is 4.79 Å². The number of aryl methyl sites for hydroxylation is 1. The van der Waals surface area contributed by atoms with E-state index in [9.17, 15) is 10.1 Å². The highest BCUT2D eigenvalue weighted by Crippen LogP contribution is 2.27. The minimum absolute atomic E-state index is 0.0226. The number of nitriles is 1. The van der Waals surface area contributed by atoms with Crippen molar-refractivity contribution in [1.29, 1.82) is 5.26 Å². The number of carbonyl (C=O) groups excluding carboxylic acids is 1. The van der Waals surface area contributed by atoms with Crippen molar-refractivity contribution in [1.82, 2.24) is 20.1 Å². The number of pyridine rings is 1. The number of anilines is 1. The molecular weight excluding hydrogens is 420 g/mol. The monoisotopic (exact) mass is 438 g/mol. The summed E-state index contributed by atoms with van der Waals surface area (Å²) in [5.74, 6) is 0.653. The van der Waals surface area contributed by atoms with Gasteiger partial charge in [-0.05, 0) is 37.1 Å². The van der Waals surface area contributed by atoms with Crippen molar-refractivity contribution >= 4 is 38.6 Å². The first kappa shape index (κ1) is 18.4. The average Bonchev–Trinajstić information content (AvgIpc) is 3.14. The molecule has 2 aromatic heterocycles. The number of fused-ring (bicyclic) bond motifs is 1. The summed E-state index contributed by atoms with van der Waals surface area (Å²) in [6.07, 6.45) is 5.13. The van der Waals surface area contributed by atoms with Gasteiger partial charge in [0.25, 0.3) is 5.91 Å². The predicted molar refractivity (Wildman–Crippen MR) is 110 cm³/mol. The summed E-state index contributed by atoms with van der Waals surface area (Å²) in [6.45, 7) is 1.51. The van der Waals surface area contributed by atoms with Crippen LogP contribution >= 0.6 is 15.9 Å². The molecule has 0 saturated carbocycles. The smallest absolute Gasteiger partial charge is 0.254 e. The third-order valence-corrected chi connectivity index (χ3v) is 5.42. The molecule has 1 amide bonds. The Morgan fingerprint density at radius 2 is 2.25 bits per heavy atom. The number of aromatic nitrogens is 3. The Morgan fingerprint density at radius 3 is 3.00 bits per heavy atom. The van der Waals surface area contributed by atoms with Gasteiger partial charge in [-0.3, -0.25) is 9.48 Å². The maximum Gasteiger partial charge on any atom is 0.254 e. The number of hydrogen-bond acceptors (Lipinski definition) is 5. The van der Waals surface area contributed by atoms with Crippen LogP contribution in [0.1, 0.15) is 28.8 Å². The number of nitrogens with zero attached hydrogens (tertiary/aromatic N) is 5. The Balaban J connectivity index is 1.55. The molecule has 142 valence electrons. The molecular formula is C20H19BrN6O. The number of halogens is 1. The second-order valence-corrected chi connectivity index (χ2v) is 7.88. The van der Waals surface area contributed by atoms with Crippen LogP contribution in [0.5, 0.6) is 0 Å². The molecule has 0 unspecified atom stereocenters. The Hall–Kier alpha value is -2.92. The first-order valence-corrected chi connectivity index (χ1v) is 9.87. The van der Waals surface area contributed by atoms with Crippen LogP contribution < -0.4 is 10.2 Å². The van der Waals surface area contributed by atoms with Gasteiger partial charge in [-0.15, -0.1) is 0 Å². The van der Waals surface area contributed by atoms with Crippen LogP contribution in [0.25, 0.3) is 10.9 Å². The number of benzene rings is 1. The average molecular weight is 439 g/mol. The molecule has 1 aliphatic heterocycles. The van der Waals surface area contributed by atoms with Crippen LogP contribution in [-0.2, 0) is 7.05 Å². The predicted octanol–water partition coefficient (Wildman–Crippen LogP) is 3.00. The van der Waals surface area contributed by atoms with Gasteiger partial charge in [0.1, 0.15) is 5.82 Å². The van der Waals surface area contributed by atoms with Gasteiger partial charge in [0.05, 0.1) is 28.9 Å². The Labute approximate surface area is 171 Å². The van der Waals surface area contributed by atoms with E-state index < -0.39 is 0 Å². The quantitative estimate of drug-likeness (QED) is 0.678. The van der Waals surface area contributed by atoms with Gasteiger partial charge in [0, 0.05) is 42.2 Å². The summed E-state index contributed by atoms with van der Waals surface area (Å²) in [4.78, 5) is 19.3. The number of hydrogen-bond donors (Lipinski definition) is 1. The molecule has 0 bridgehead atoms. The van der Waals surface area contributed by atoms with Crippen molar-refractivity contribution in [2.24, 2.45) is 7.05 Å². The van der Waals surface area contributed by atoms with Crippen molar-refractivity contribution in [3.05, 3.63) is 52.3 Å². The van der Waals surface area contributed by atoms with Crippen molar-refractivity contribution in [2.45, 2.75) is 18.9 Å². The van der Waals surface area contributed by atoms with E-state index in [1.54, 1.807) is 24.1 Å². The van der Waals surface area contributed by atoms with Crippen LogP contribution in [-0.4, -0.2) is 39.8 Å². The molecule has 1 aromatic carbocycles. The van der Waals surface area contributed by atoms with Crippen LogP contribution in [0.2, 0.25) is 0 Å². The third-order valence-electron chi connectivity index (χ3n) is 4.93. The molecule has 0 radical (unpaired) electrons. The zero-order chi connectivity index (χ0) is 19.7. The molecule has 0 aliphatic carbocycles. The largest absolute Gasteiger partial charge is 0.355 e. The molecule has 0 spiro atoms. The fourth-order valence-electron chi connectivity index (χ4n) is 3.55. The second kappa shape index (κ2) is 7.60. The summed E-state index contributed by atoms with van der Waals surface area (Å²) in [5.41, 5.74) is 1.95. The molecule has 1 N–H and O–H groups in total. The molecule has 3 heterocycles. The highest BCUT2D eigenvalue weighted by Gasteiger charge is 2.24.